The van der Waals surface area contributed by atoms with Crippen LogP contribution in [-0.2, 0) is 26.2 Å². The van der Waals surface area contributed by atoms with Crippen LogP contribution in [0.1, 0.15) is 38.3 Å². The molecule has 0 aliphatic rings. The van der Waals surface area contributed by atoms with Gasteiger partial charge in [-0.15, -0.1) is 0 Å². The monoisotopic (exact) mass is 541 g/mol. The second-order valence-electron chi connectivity index (χ2n) is 8.93. The van der Waals surface area contributed by atoms with Gasteiger partial charge in [-0.2, -0.15) is 0 Å². The van der Waals surface area contributed by atoms with Gasteiger partial charge in [0.2, 0.25) is 21.8 Å². The summed E-state index contributed by atoms with van der Waals surface area (Å²) in [5.74, 6) is -0.594. The Balaban J connectivity index is 2.44. The van der Waals surface area contributed by atoms with Crippen LogP contribution < -0.4 is 9.62 Å². The molecule has 0 bridgehead atoms. The minimum Gasteiger partial charge on any atom is -0.354 e. The van der Waals surface area contributed by atoms with Gasteiger partial charge in [0, 0.05) is 23.1 Å². The summed E-state index contributed by atoms with van der Waals surface area (Å²) in [6, 6.07) is 10.9. The van der Waals surface area contributed by atoms with E-state index < -0.39 is 28.5 Å². The zero-order valence-corrected chi connectivity index (χ0v) is 23.0. The smallest absolute Gasteiger partial charge is 0.244 e. The Morgan fingerprint density at radius 3 is 2.20 bits per heavy atom. The molecule has 0 heterocycles. The standard InChI is InChI=1S/C25H33Cl2N3O4S/c1-6-23(25(32)28-14-17(2)3)29(15-19-9-10-20(26)13-22(19)27)24(31)16-30(35(5,33)34)21-11-7-18(4)8-12-21/h7-13,17,23H,6,14-16H2,1-5H3,(H,28,32)/t23-/m0/s1. The van der Waals surface area contributed by atoms with Crippen molar-refractivity contribution in [2.45, 2.75) is 46.7 Å². The SMILES string of the molecule is CC[C@@H](C(=O)NCC(C)C)N(Cc1ccc(Cl)cc1Cl)C(=O)CN(c1ccc(C)cc1)S(C)(=O)=O. The Bertz CT molecular complexity index is 1140. The number of aryl methyl sites for hydroxylation is 1. The summed E-state index contributed by atoms with van der Waals surface area (Å²) in [6.45, 7) is 7.66. The van der Waals surface area contributed by atoms with E-state index in [0.717, 1.165) is 16.1 Å². The minimum absolute atomic E-state index is 0.0218. The first-order chi connectivity index (χ1) is 16.3. The van der Waals surface area contributed by atoms with Crippen molar-refractivity contribution in [2.75, 3.05) is 23.7 Å². The number of sulfonamides is 1. The highest BCUT2D eigenvalue weighted by molar-refractivity contribution is 7.92. The van der Waals surface area contributed by atoms with Gasteiger partial charge in [-0.3, -0.25) is 13.9 Å². The summed E-state index contributed by atoms with van der Waals surface area (Å²) >= 11 is 12.4. The second kappa shape index (κ2) is 12.6. The second-order valence-corrected chi connectivity index (χ2v) is 11.7. The van der Waals surface area contributed by atoms with Crippen molar-refractivity contribution in [3.63, 3.8) is 0 Å². The van der Waals surface area contributed by atoms with Crippen LogP contribution >= 0.6 is 23.2 Å². The molecular weight excluding hydrogens is 509 g/mol. The molecule has 0 aliphatic heterocycles. The Morgan fingerprint density at radius 2 is 1.69 bits per heavy atom. The van der Waals surface area contributed by atoms with Gasteiger partial charge in [0.05, 0.1) is 11.9 Å². The molecule has 1 N–H and O–H groups in total. The van der Waals surface area contributed by atoms with Gasteiger partial charge in [-0.25, -0.2) is 8.42 Å². The average molecular weight is 543 g/mol. The quantitative estimate of drug-likeness (QED) is 0.448. The van der Waals surface area contributed by atoms with Crippen molar-refractivity contribution in [1.29, 1.82) is 0 Å². The fourth-order valence-electron chi connectivity index (χ4n) is 3.50. The molecule has 0 aromatic heterocycles. The highest BCUT2D eigenvalue weighted by Gasteiger charge is 2.32. The van der Waals surface area contributed by atoms with E-state index in [0.29, 0.717) is 34.3 Å². The summed E-state index contributed by atoms with van der Waals surface area (Å²) in [6.07, 6.45) is 1.39. The highest BCUT2D eigenvalue weighted by Crippen LogP contribution is 2.25. The molecule has 10 heteroatoms. The van der Waals surface area contributed by atoms with E-state index in [-0.39, 0.29) is 18.4 Å². The van der Waals surface area contributed by atoms with E-state index in [2.05, 4.69) is 5.32 Å². The Morgan fingerprint density at radius 1 is 1.06 bits per heavy atom. The Labute approximate surface area is 218 Å². The van der Waals surface area contributed by atoms with Crippen LogP contribution in [0.2, 0.25) is 10.0 Å². The van der Waals surface area contributed by atoms with Crippen molar-refractivity contribution >= 4 is 50.7 Å². The van der Waals surface area contributed by atoms with E-state index >= 15 is 0 Å². The molecule has 0 fully saturated rings. The molecule has 2 amide bonds. The lowest BCUT2D eigenvalue weighted by atomic mass is 10.1. The molecule has 1 atom stereocenters. The van der Waals surface area contributed by atoms with Gasteiger partial charge >= 0.3 is 0 Å². The number of anilines is 1. The summed E-state index contributed by atoms with van der Waals surface area (Å²) in [4.78, 5) is 28.1. The maximum atomic E-state index is 13.6. The number of carbonyl (C=O) groups excluding carboxylic acids is 2. The van der Waals surface area contributed by atoms with Crippen LogP contribution in [0.5, 0.6) is 0 Å². The fourth-order valence-corrected chi connectivity index (χ4v) is 4.82. The van der Waals surface area contributed by atoms with Crippen LogP contribution in [0.3, 0.4) is 0 Å². The third kappa shape index (κ3) is 8.40. The van der Waals surface area contributed by atoms with Gasteiger partial charge in [0.25, 0.3) is 0 Å². The van der Waals surface area contributed by atoms with E-state index in [1.807, 2.05) is 20.8 Å². The zero-order chi connectivity index (χ0) is 26.3. The van der Waals surface area contributed by atoms with Gasteiger partial charge < -0.3 is 10.2 Å². The van der Waals surface area contributed by atoms with Gasteiger partial charge in [0.15, 0.2) is 0 Å². The number of nitrogens with zero attached hydrogens (tertiary/aromatic N) is 2. The Hall–Kier alpha value is -2.29. The van der Waals surface area contributed by atoms with Gasteiger partial charge in [-0.1, -0.05) is 67.7 Å². The molecule has 0 radical (unpaired) electrons. The molecule has 0 aliphatic carbocycles. The van der Waals surface area contributed by atoms with Crippen molar-refractivity contribution in [3.05, 3.63) is 63.6 Å². The number of amides is 2. The first kappa shape index (κ1) is 28.9. The zero-order valence-electron chi connectivity index (χ0n) is 20.7. The number of carbonyl (C=O) groups is 2. The molecule has 2 rings (SSSR count). The first-order valence-electron chi connectivity index (χ1n) is 11.4. The van der Waals surface area contributed by atoms with Crippen molar-refractivity contribution < 1.29 is 18.0 Å². The molecule has 0 spiro atoms. The lowest BCUT2D eigenvalue weighted by Gasteiger charge is -2.33. The fraction of sp³-hybridized carbons (Fsp3) is 0.440. The predicted molar refractivity (Wildman–Crippen MR) is 142 cm³/mol. The number of benzene rings is 2. The van der Waals surface area contributed by atoms with Gasteiger partial charge in [-0.05, 0) is 49.1 Å². The molecule has 2 aromatic carbocycles. The average Bonchev–Trinajstić information content (AvgIpc) is 2.77. The molecule has 35 heavy (non-hydrogen) atoms. The summed E-state index contributed by atoms with van der Waals surface area (Å²) in [5, 5.41) is 3.68. The van der Waals surface area contributed by atoms with Crippen LogP contribution in [0.25, 0.3) is 0 Å². The van der Waals surface area contributed by atoms with Crippen LogP contribution in [-0.4, -0.2) is 50.5 Å². The van der Waals surface area contributed by atoms with Crippen molar-refractivity contribution in [2.24, 2.45) is 5.92 Å². The normalized spacial score (nSPS) is 12.3. The number of hydrogen-bond acceptors (Lipinski definition) is 4. The number of rotatable bonds is 11. The third-order valence-corrected chi connectivity index (χ3v) is 7.15. The molecule has 0 saturated heterocycles. The largest absolute Gasteiger partial charge is 0.354 e. The first-order valence-corrected chi connectivity index (χ1v) is 14.0. The van der Waals surface area contributed by atoms with E-state index in [1.54, 1.807) is 49.4 Å². The number of nitrogens with one attached hydrogen (secondary N) is 1. The van der Waals surface area contributed by atoms with Crippen LogP contribution in [0, 0.1) is 12.8 Å². The summed E-state index contributed by atoms with van der Waals surface area (Å²) < 4.78 is 26.3. The lowest BCUT2D eigenvalue weighted by Crippen LogP contribution is -2.52. The maximum Gasteiger partial charge on any atom is 0.244 e. The van der Waals surface area contributed by atoms with E-state index in [9.17, 15) is 18.0 Å². The number of hydrogen-bond donors (Lipinski definition) is 1. The molecule has 0 saturated carbocycles. The van der Waals surface area contributed by atoms with Crippen molar-refractivity contribution in [3.8, 4) is 0 Å². The van der Waals surface area contributed by atoms with Crippen LogP contribution in [0.15, 0.2) is 42.5 Å². The van der Waals surface area contributed by atoms with E-state index in [1.165, 1.54) is 4.90 Å². The summed E-state index contributed by atoms with van der Waals surface area (Å²) in [7, 11) is -3.78. The summed E-state index contributed by atoms with van der Waals surface area (Å²) in [5.41, 5.74) is 1.93. The molecular formula is C25H33Cl2N3O4S. The molecule has 192 valence electrons. The third-order valence-electron chi connectivity index (χ3n) is 5.43. The maximum absolute atomic E-state index is 13.6. The number of halogens is 2. The van der Waals surface area contributed by atoms with E-state index in [4.69, 9.17) is 23.2 Å². The van der Waals surface area contributed by atoms with Crippen molar-refractivity contribution in [1.82, 2.24) is 10.2 Å². The van der Waals surface area contributed by atoms with Gasteiger partial charge in [0.1, 0.15) is 12.6 Å². The molecule has 2 aromatic rings. The lowest BCUT2D eigenvalue weighted by molar-refractivity contribution is -0.140. The minimum atomic E-state index is -3.78. The molecule has 0 unspecified atom stereocenters. The highest BCUT2D eigenvalue weighted by atomic mass is 35.5. The van der Waals surface area contributed by atoms with Crippen LogP contribution in [0.4, 0.5) is 5.69 Å². The Kier molecular flexibility index (Phi) is 10.4. The topological polar surface area (TPSA) is 86.8 Å². The molecule has 7 nitrogen and oxygen atoms in total. The predicted octanol–water partition coefficient (Wildman–Crippen LogP) is 4.65.